The molecule has 0 saturated carbocycles. The predicted octanol–water partition coefficient (Wildman–Crippen LogP) is 4.23. The Kier molecular flexibility index (Phi) is 4.52. The second kappa shape index (κ2) is 6.38. The summed E-state index contributed by atoms with van der Waals surface area (Å²) >= 11 is 7.06. The Morgan fingerprint density at radius 1 is 1.05 bits per heavy atom. The third kappa shape index (κ3) is 3.42. The zero-order valence-electron chi connectivity index (χ0n) is 11.3. The molecule has 2 aromatic carbocycles. The van der Waals surface area contributed by atoms with Crippen LogP contribution in [0.4, 0.5) is 0 Å². The molecule has 0 radical (unpaired) electrons. The summed E-state index contributed by atoms with van der Waals surface area (Å²) in [6, 6.07) is 12.0. The highest BCUT2D eigenvalue weighted by molar-refractivity contribution is 9.10. The van der Waals surface area contributed by atoms with Crippen molar-refractivity contribution >= 4 is 31.9 Å². The molecule has 0 saturated heterocycles. The summed E-state index contributed by atoms with van der Waals surface area (Å²) < 4.78 is 13.2. The maximum absolute atomic E-state index is 6.37. The van der Waals surface area contributed by atoms with E-state index in [1.165, 1.54) is 5.56 Å². The van der Waals surface area contributed by atoms with Gasteiger partial charge >= 0.3 is 0 Å². The van der Waals surface area contributed by atoms with Crippen molar-refractivity contribution in [3.05, 3.63) is 56.5 Å². The Hall–Kier alpha value is -1.04. The number of halogens is 2. The summed E-state index contributed by atoms with van der Waals surface area (Å²) in [4.78, 5) is 0. The number of nitrogens with two attached hydrogens (primary N) is 1. The van der Waals surface area contributed by atoms with E-state index in [9.17, 15) is 0 Å². The highest BCUT2D eigenvalue weighted by atomic mass is 79.9. The third-order valence-electron chi connectivity index (χ3n) is 3.41. The van der Waals surface area contributed by atoms with Gasteiger partial charge in [0.2, 0.25) is 0 Å². The molecule has 1 unspecified atom stereocenters. The first kappa shape index (κ1) is 14.9. The number of fused-ring (bicyclic) bond motifs is 1. The van der Waals surface area contributed by atoms with Gasteiger partial charge in [-0.2, -0.15) is 0 Å². The molecule has 1 aliphatic heterocycles. The molecule has 1 aliphatic rings. The highest BCUT2D eigenvalue weighted by Gasteiger charge is 2.18. The number of hydrogen-bond acceptors (Lipinski definition) is 3. The van der Waals surface area contributed by atoms with Gasteiger partial charge in [0.05, 0.1) is 0 Å². The Morgan fingerprint density at radius 2 is 1.76 bits per heavy atom. The molecule has 5 heteroatoms. The number of hydrogen-bond donors (Lipinski definition) is 1. The van der Waals surface area contributed by atoms with Crippen molar-refractivity contribution in [1.82, 2.24) is 0 Å². The molecule has 110 valence electrons. The van der Waals surface area contributed by atoms with Crippen molar-refractivity contribution in [1.29, 1.82) is 0 Å². The summed E-state index contributed by atoms with van der Waals surface area (Å²) in [5.74, 6) is 1.54. The zero-order valence-corrected chi connectivity index (χ0v) is 14.5. The van der Waals surface area contributed by atoms with Crippen LogP contribution in [0.3, 0.4) is 0 Å². The van der Waals surface area contributed by atoms with Gasteiger partial charge in [0, 0.05) is 15.0 Å². The van der Waals surface area contributed by atoms with Gasteiger partial charge in [-0.3, -0.25) is 0 Å². The van der Waals surface area contributed by atoms with E-state index in [0.29, 0.717) is 13.2 Å². The first-order valence-corrected chi connectivity index (χ1v) is 8.31. The quantitative estimate of drug-likeness (QED) is 0.820. The lowest BCUT2D eigenvalue weighted by atomic mass is 9.99. The summed E-state index contributed by atoms with van der Waals surface area (Å²) in [6.07, 6.45) is 0.762. The van der Waals surface area contributed by atoms with Gasteiger partial charge in [-0.25, -0.2) is 0 Å². The largest absolute Gasteiger partial charge is 0.486 e. The van der Waals surface area contributed by atoms with Crippen molar-refractivity contribution in [3.63, 3.8) is 0 Å². The van der Waals surface area contributed by atoms with Crippen LogP contribution in [0.5, 0.6) is 11.5 Å². The van der Waals surface area contributed by atoms with Crippen LogP contribution >= 0.6 is 31.9 Å². The van der Waals surface area contributed by atoms with Crippen molar-refractivity contribution in [3.8, 4) is 11.5 Å². The SMILES string of the molecule is NC(Cc1cccc(Br)c1)c1cc2c(cc1Br)OCCO2. The lowest BCUT2D eigenvalue weighted by Crippen LogP contribution is -2.18. The maximum Gasteiger partial charge on any atom is 0.162 e. The van der Waals surface area contributed by atoms with Gasteiger partial charge in [0.1, 0.15) is 13.2 Å². The summed E-state index contributed by atoms with van der Waals surface area (Å²) in [5, 5.41) is 0. The normalized spacial score (nSPS) is 14.8. The number of benzene rings is 2. The van der Waals surface area contributed by atoms with Crippen molar-refractivity contribution < 1.29 is 9.47 Å². The van der Waals surface area contributed by atoms with Crippen LogP contribution in [0, 0.1) is 0 Å². The van der Waals surface area contributed by atoms with Gasteiger partial charge in [-0.1, -0.05) is 44.0 Å². The molecule has 0 bridgehead atoms. The molecule has 0 aliphatic carbocycles. The average Bonchev–Trinajstić information content (AvgIpc) is 2.46. The van der Waals surface area contributed by atoms with Gasteiger partial charge in [-0.15, -0.1) is 0 Å². The topological polar surface area (TPSA) is 44.5 Å². The summed E-state index contributed by atoms with van der Waals surface area (Å²) in [6.45, 7) is 1.16. The standard InChI is InChI=1S/C16H15Br2NO2/c17-11-3-1-2-10(6-11)7-14(19)12-8-15-16(9-13(12)18)21-5-4-20-15/h1-3,6,8-9,14H,4-5,7,19H2. The number of rotatable bonds is 3. The van der Waals surface area contributed by atoms with E-state index >= 15 is 0 Å². The lowest BCUT2D eigenvalue weighted by Gasteiger charge is -2.22. The molecule has 21 heavy (non-hydrogen) atoms. The minimum Gasteiger partial charge on any atom is -0.486 e. The van der Waals surface area contributed by atoms with Crippen molar-refractivity contribution in [2.75, 3.05) is 13.2 Å². The van der Waals surface area contributed by atoms with Crippen LogP contribution < -0.4 is 15.2 Å². The zero-order chi connectivity index (χ0) is 14.8. The molecule has 0 spiro atoms. The van der Waals surface area contributed by atoms with Crippen LogP contribution in [0.25, 0.3) is 0 Å². The van der Waals surface area contributed by atoms with E-state index < -0.39 is 0 Å². The molecular formula is C16H15Br2NO2. The molecule has 0 aromatic heterocycles. The first-order chi connectivity index (χ1) is 10.1. The minimum absolute atomic E-state index is 0.107. The molecule has 1 atom stereocenters. The maximum atomic E-state index is 6.37. The highest BCUT2D eigenvalue weighted by Crippen LogP contribution is 2.38. The smallest absolute Gasteiger partial charge is 0.162 e. The molecule has 2 N–H and O–H groups in total. The molecule has 2 aromatic rings. The lowest BCUT2D eigenvalue weighted by molar-refractivity contribution is 0.171. The van der Waals surface area contributed by atoms with Crippen LogP contribution in [-0.2, 0) is 6.42 Å². The first-order valence-electron chi connectivity index (χ1n) is 6.72. The Morgan fingerprint density at radius 3 is 2.48 bits per heavy atom. The molecule has 3 nitrogen and oxygen atoms in total. The Bertz CT molecular complexity index is 661. The van der Waals surface area contributed by atoms with E-state index in [-0.39, 0.29) is 6.04 Å². The Balaban J connectivity index is 1.85. The molecule has 1 heterocycles. The van der Waals surface area contributed by atoms with Gasteiger partial charge in [0.25, 0.3) is 0 Å². The molecule has 0 amide bonds. The fourth-order valence-electron chi connectivity index (χ4n) is 2.39. The fraction of sp³-hybridized carbons (Fsp3) is 0.250. The van der Waals surface area contributed by atoms with Gasteiger partial charge in [0.15, 0.2) is 11.5 Å². The Labute approximate surface area is 140 Å². The van der Waals surface area contributed by atoms with Gasteiger partial charge in [-0.05, 0) is 41.8 Å². The second-order valence-electron chi connectivity index (χ2n) is 4.96. The van der Waals surface area contributed by atoms with E-state index in [0.717, 1.165) is 32.4 Å². The van der Waals surface area contributed by atoms with E-state index in [2.05, 4.69) is 44.0 Å². The van der Waals surface area contributed by atoms with Crippen LogP contribution in [0.1, 0.15) is 17.2 Å². The van der Waals surface area contributed by atoms with Crippen LogP contribution in [-0.4, -0.2) is 13.2 Å². The number of ether oxygens (including phenoxy) is 2. The predicted molar refractivity (Wildman–Crippen MR) is 89.9 cm³/mol. The van der Waals surface area contributed by atoms with Crippen LogP contribution in [0.15, 0.2) is 45.3 Å². The summed E-state index contributed by atoms with van der Waals surface area (Å²) in [5.41, 5.74) is 8.59. The summed E-state index contributed by atoms with van der Waals surface area (Å²) in [7, 11) is 0. The monoisotopic (exact) mass is 411 g/mol. The average molecular weight is 413 g/mol. The molecule has 3 rings (SSSR count). The van der Waals surface area contributed by atoms with Crippen LogP contribution in [0.2, 0.25) is 0 Å². The molecule has 0 fully saturated rings. The van der Waals surface area contributed by atoms with Crippen molar-refractivity contribution in [2.24, 2.45) is 5.73 Å². The molecular weight excluding hydrogens is 398 g/mol. The minimum atomic E-state index is -0.107. The van der Waals surface area contributed by atoms with E-state index in [1.807, 2.05) is 24.3 Å². The van der Waals surface area contributed by atoms with E-state index in [4.69, 9.17) is 15.2 Å². The second-order valence-corrected chi connectivity index (χ2v) is 6.73. The fourth-order valence-corrected chi connectivity index (χ4v) is 3.45. The van der Waals surface area contributed by atoms with E-state index in [1.54, 1.807) is 0 Å². The third-order valence-corrected chi connectivity index (χ3v) is 4.59. The van der Waals surface area contributed by atoms with Crippen molar-refractivity contribution in [2.45, 2.75) is 12.5 Å². The van der Waals surface area contributed by atoms with Gasteiger partial charge < -0.3 is 15.2 Å².